The molecule has 0 fully saturated rings. The molecule has 0 radical (unpaired) electrons. The van der Waals surface area contributed by atoms with E-state index in [1.807, 2.05) is 11.9 Å². The topological polar surface area (TPSA) is 78.5 Å². The third-order valence-corrected chi connectivity index (χ3v) is 6.74. The Hall–Kier alpha value is -1.86. The van der Waals surface area contributed by atoms with Crippen LogP contribution in [0.25, 0.3) is 0 Å². The third-order valence-electron chi connectivity index (χ3n) is 5.45. The highest BCUT2D eigenvalue weighted by atomic mass is 32.2. The van der Waals surface area contributed by atoms with E-state index in [-0.39, 0.29) is 5.75 Å². The summed E-state index contributed by atoms with van der Waals surface area (Å²) >= 11 is 0. The molecule has 1 aromatic rings. The first kappa shape index (κ1) is 20.9. The van der Waals surface area contributed by atoms with Crippen LogP contribution in [0.4, 0.5) is 10.5 Å². The molecule has 0 saturated heterocycles. The fourth-order valence-corrected chi connectivity index (χ4v) is 5.47. The van der Waals surface area contributed by atoms with Crippen LogP contribution in [0, 0.1) is 0 Å². The zero-order valence-corrected chi connectivity index (χ0v) is 17.8. The molecule has 2 amide bonds. The summed E-state index contributed by atoms with van der Waals surface area (Å²) in [6, 6.07) is 1.60. The number of rotatable bonds is 8. The molecule has 3 rings (SSSR count). The number of hydrogen-bond donors (Lipinski definition) is 2. The Bertz CT molecular complexity index is 845. The molecule has 2 N–H and O–H groups in total. The average molecular weight is 406 g/mol. The first-order valence-electron chi connectivity index (χ1n) is 10.1. The van der Waals surface area contributed by atoms with Gasteiger partial charge in [-0.2, -0.15) is 0 Å². The number of benzene rings is 1. The van der Waals surface area contributed by atoms with Crippen LogP contribution in [0.15, 0.2) is 18.2 Å². The number of nitrogens with one attached hydrogen (secondary N) is 2. The number of sulfonamides is 1. The van der Waals surface area contributed by atoms with Gasteiger partial charge in [0.05, 0.1) is 5.75 Å². The van der Waals surface area contributed by atoms with Gasteiger partial charge in [0.15, 0.2) is 0 Å². The molecule has 7 heteroatoms. The van der Waals surface area contributed by atoms with Gasteiger partial charge in [-0.3, -0.25) is 0 Å². The molecule has 0 spiro atoms. The van der Waals surface area contributed by atoms with Crippen LogP contribution < -0.4 is 10.0 Å². The molecule has 2 aliphatic carbocycles. The molecule has 154 valence electrons. The van der Waals surface area contributed by atoms with Gasteiger partial charge in [-0.1, -0.05) is 19.6 Å². The molecule has 0 unspecified atom stereocenters. The summed E-state index contributed by atoms with van der Waals surface area (Å²) in [4.78, 5) is 14.5. The summed E-state index contributed by atoms with van der Waals surface area (Å²) in [5.74, 6) is -0.251. The van der Waals surface area contributed by atoms with Gasteiger partial charge in [0.1, 0.15) is 0 Å². The van der Waals surface area contributed by atoms with Crippen molar-refractivity contribution in [2.24, 2.45) is 0 Å². The summed E-state index contributed by atoms with van der Waals surface area (Å²) in [7, 11) is -1.85. The van der Waals surface area contributed by atoms with E-state index in [0.717, 1.165) is 57.2 Å². The van der Waals surface area contributed by atoms with Crippen LogP contribution in [-0.4, -0.2) is 45.2 Å². The first-order chi connectivity index (χ1) is 13.3. The zero-order chi connectivity index (χ0) is 20.3. The largest absolute Gasteiger partial charge is 0.332 e. The highest BCUT2D eigenvalue weighted by molar-refractivity contribution is 7.90. The number of carbonyl (C=O) groups excluding carboxylic acids is 1. The number of fused-ring (bicyclic) bond motifs is 2. The molecule has 0 saturated carbocycles. The lowest BCUT2D eigenvalue weighted by atomic mass is 9.99. The second-order valence-corrected chi connectivity index (χ2v) is 9.76. The van der Waals surface area contributed by atoms with E-state index < -0.39 is 16.1 Å². The van der Waals surface area contributed by atoms with Gasteiger partial charge in [-0.15, -0.1) is 0 Å². The molecule has 0 atom stereocenters. The summed E-state index contributed by atoms with van der Waals surface area (Å²) in [5.41, 5.74) is 6.37. The third kappa shape index (κ3) is 4.94. The molecule has 28 heavy (non-hydrogen) atoms. The standard InChI is InChI=1S/C21H31N3O3S/c1-4-11-24(3)13-15(2)14-28(26,27)23-21(25)22-20-18-9-5-7-16(18)12-17-8-6-10-19(17)20/h12H,2,4-11,13-14H2,1,3H3,(H2,22,23,25). The monoisotopic (exact) mass is 405 g/mol. The minimum atomic E-state index is -3.78. The Balaban J connectivity index is 1.65. The second-order valence-electron chi connectivity index (χ2n) is 8.04. The van der Waals surface area contributed by atoms with Crippen molar-refractivity contribution in [1.29, 1.82) is 0 Å². The molecule has 0 heterocycles. The van der Waals surface area contributed by atoms with Gasteiger partial charge in [0.2, 0.25) is 10.0 Å². The van der Waals surface area contributed by atoms with Crippen LogP contribution in [0.3, 0.4) is 0 Å². The first-order valence-corrected chi connectivity index (χ1v) is 11.8. The Kier molecular flexibility index (Phi) is 6.45. The van der Waals surface area contributed by atoms with Crippen LogP contribution in [0.2, 0.25) is 0 Å². The Labute approximate surface area is 168 Å². The fourth-order valence-electron chi connectivity index (χ4n) is 4.44. The van der Waals surface area contributed by atoms with Crippen LogP contribution in [-0.2, 0) is 35.7 Å². The van der Waals surface area contributed by atoms with Gasteiger partial charge in [-0.05, 0) is 86.4 Å². The average Bonchev–Trinajstić information content (AvgIpc) is 3.22. The van der Waals surface area contributed by atoms with Crippen LogP contribution >= 0.6 is 0 Å². The predicted octanol–water partition coefficient (Wildman–Crippen LogP) is 3.01. The van der Waals surface area contributed by atoms with E-state index >= 15 is 0 Å². The summed E-state index contributed by atoms with van der Waals surface area (Å²) < 4.78 is 27.0. The van der Waals surface area contributed by atoms with Crippen molar-refractivity contribution in [1.82, 2.24) is 9.62 Å². The van der Waals surface area contributed by atoms with Crippen molar-refractivity contribution in [3.05, 3.63) is 40.5 Å². The minimum absolute atomic E-state index is 0.251. The van der Waals surface area contributed by atoms with Crippen LogP contribution in [0.5, 0.6) is 0 Å². The van der Waals surface area contributed by atoms with E-state index in [2.05, 4.69) is 29.6 Å². The number of aryl methyl sites for hydroxylation is 2. The molecule has 0 aromatic heterocycles. The van der Waals surface area contributed by atoms with Gasteiger partial charge in [0, 0.05) is 12.2 Å². The highest BCUT2D eigenvalue weighted by Gasteiger charge is 2.26. The summed E-state index contributed by atoms with van der Waals surface area (Å²) in [6.45, 7) is 7.29. The van der Waals surface area contributed by atoms with E-state index in [0.29, 0.717) is 12.1 Å². The lowest BCUT2D eigenvalue weighted by Crippen LogP contribution is -2.37. The van der Waals surface area contributed by atoms with E-state index in [9.17, 15) is 13.2 Å². The van der Waals surface area contributed by atoms with Gasteiger partial charge < -0.3 is 10.2 Å². The van der Waals surface area contributed by atoms with Gasteiger partial charge >= 0.3 is 6.03 Å². The number of hydrogen-bond acceptors (Lipinski definition) is 4. The number of urea groups is 1. The molecule has 2 aliphatic rings. The van der Waals surface area contributed by atoms with Crippen molar-refractivity contribution in [3.63, 3.8) is 0 Å². The minimum Gasteiger partial charge on any atom is -0.307 e. The maximum Gasteiger partial charge on any atom is 0.332 e. The van der Waals surface area contributed by atoms with Crippen molar-refractivity contribution in [2.45, 2.75) is 51.9 Å². The number of likely N-dealkylation sites (N-methyl/N-ethyl adjacent to an activating group) is 1. The Morgan fingerprint density at radius 3 is 2.32 bits per heavy atom. The number of nitrogens with zero attached hydrogens (tertiary/aromatic N) is 1. The van der Waals surface area contributed by atoms with E-state index in [4.69, 9.17) is 0 Å². The van der Waals surface area contributed by atoms with Crippen molar-refractivity contribution < 1.29 is 13.2 Å². The molecule has 1 aromatic carbocycles. The van der Waals surface area contributed by atoms with Crippen molar-refractivity contribution in [2.75, 3.05) is 31.2 Å². The smallest absolute Gasteiger partial charge is 0.307 e. The number of carbonyl (C=O) groups is 1. The van der Waals surface area contributed by atoms with Crippen molar-refractivity contribution >= 4 is 21.7 Å². The SMILES string of the molecule is C=C(CN(C)CCC)CS(=O)(=O)NC(=O)Nc1c2c(cc3c1CCC3)CCC2. The fraction of sp³-hybridized carbons (Fsp3) is 0.571. The normalized spacial score (nSPS) is 15.4. The Morgan fingerprint density at radius 1 is 1.14 bits per heavy atom. The predicted molar refractivity (Wildman–Crippen MR) is 113 cm³/mol. The lowest BCUT2D eigenvalue weighted by molar-refractivity contribution is 0.256. The second kappa shape index (κ2) is 8.66. The molecular formula is C21H31N3O3S. The van der Waals surface area contributed by atoms with Crippen molar-refractivity contribution in [3.8, 4) is 0 Å². The number of amides is 2. The van der Waals surface area contributed by atoms with E-state index in [1.54, 1.807) is 0 Å². The maximum atomic E-state index is 12.5. The molecule has 6 nitrogen and oxygen atoms in total. The Morgan fingerprint density at radius 2 is 1.75 bits per heavy atom. The van der Waals surface area contributed by atoms with Gasteiger partial charge in [-0.25, -0.2) is 17.9 Å². The highest BCUT2D eigenvalue weighted by Crippen LogP contribution is 2.38. The lowest BCUT2D eigenvalue weighted by Gasteiger charge is -2.18. The van der Waals surface area contributed by atoms with Gasteiger partial charge in [0.25, 0.3) is 0 Å². The zero-order valence-electron chi connectivity index (χ0n) is 16.9. The maximum absolute atomic E-state index is 12.5. The molecular weight excluding hydrogens is 374 g/mol. The molecule has 0 aliphatic heterocycles. The summed E-state index contributed by atoms with van der Waals surface area (Å²) in [5, 5.41) is 2.86. The van der Waals surface area contributed by atoms with E-state index in [1.165, 1.54) is 22.3 Å². The van der Waals surface area contributed by atoms with Crippen LogP contribution in [0.1, 0.15) is 48.4 Å². The number of anilines is 1. The quantitative estimate of drug-likeness (QED) is 0.652. The molecule has 0 bridgehead atoms. The summed E-state index contributed by atoms with van der Waals surface area (Å²) in [6.07, 6.45) is 7.08.